The van der Waals surface area contributed by atoms with Gasteiger partial charge < -0.3 is 10.8 Å². The van der Waals surface area contributed by atoms with Crippen molar-refractivity contribution < 1.29 is 9.90 Å². The van der Waals surface area contributed by atoms with Crippen molar-refractivity contribution in [1.82, 2.24) is 10.4 Å². The first kappa shape index (κ1) is 10.9. The third-order valence-electron chi connectivity index (χ3n) is 3.05. The van der Waals surface area contributed by atoms with Crippen LogP contribution in [0.4, 0.5) is 0 Å². The Morgan fingerprint density at radius 1 is 1.53 bits per heavy atom. The normalized spacial score (nSPS) is 29.1. The fourth-order valence-electron chi connectivity index (χ4n) is 1.90. The van der Waals surface area contributed by atoms with Crippen LogP contribution in [0.2, 0.25) is 0 Å². The topological polar surface area (TPSA) is 78.6 Å². The lowest BCUT2D eigenvalue weighted by Gasteiger charge is -2.19. The molecule has 1 saturated carbocycles. The zero-order valence-corrected chi connectivity index (χ0v) is 8.85. The van der Waals surface area contributed by atoms with Crippen LogP contribution in [0, 0.1) is 5.92 Å². The van der Waals surface area contributed by atoms with Crippen molar-refractivity contribution in [3.05, 3.63) is 0 Å². The first-order chi connectivity index (χ1) is 7.15. The Labute approximate surface area is 89.6 Å². The van der Waals surface area contributed by atoms with Gasteiger partial charge in [0.2, 0.25) is 0 Å². The Kier molecular flexibility index (Phi) is 3.23. The molecule has 0 aromatic carbocycles. The van der Waals surface area contributed by atoms with Gasteiger partial charge in [0.05, 0.1) is 12.1 Å². The molecule has 86 valence electrons. The third kappa shape index (κ3) is 3.15. The van der Waals surface area contributed by atoms with E-state index in [-0.39, 0.29) is 12.0 Å². The zero-order chi connectivity index (χ0) is 10.8. The summed E-state index contributed by atoms with van der Waals surface area (Å²) in [4.78, 5) is 11.6. The van der Waals surface area contributed by atoms with E-state index in [2.05, 4.69) is 5.43 Å². The van der Waals surface area contributed by atoms with E-state index in [1.165, 1.54) is 12.8 Å². The molecule has 2 atom stereocenters. The van der Waals surface area contributed by atoms with Gasteiger partial charge in [-0.05, 0) is 18.8 Å². The van der Waals surface area contributed by atoms with Crippen LogP contribution in [0.15, 0.2) is 0 Å². The van der Waals surface area contributed by atoms with Crippen LogP contribution in [0.5, 0.6) is 0 Å². The quantitative estimate of drug-likeness (QED) is 0.572. The van der Waals surface area contributed by atoms with Crippen molar-refractivity contribution in [2.75, 3.05) is 13.1 Å². The molecule has 0 bridgehead atoms. The maximum absolute atomic E-state index is 11.6. The fourth-order valence-corrected chi connectivity index (χ4v) is 1.90. The molecule has 0 aromatic rings. The highest BCUT2D eigenvalue weighted by Gasteiger charge is 2.29. The molecule has 1 amide bonds. The van der Waals surface area contributed by atoms with Gasteiger partial charge in [0, 0.05) is 13.1 Å². The number of rotatable bonds is 4. The lowest BCUT2D eigenvalue weighted by atomic mass is 10.1. The largest absolute Gasteiger partial charge is 0.392 e. The number of aliphatic hydroxyl groups excluding tert-OH is 1. The van der Waals surface area contributed by atoms with E-state index >= 15 is 0 Å². The molecule has 1 aliphatic carbocycles. The van der Waals surface area contributed by atoms with E-state index in [0.29, 0.717) is 19.0 Å². The van der Waals surface area contributed by atoms with E-state index in [1.807, 2.05) is 0 Å². The number of amides is 1. The Morgan fingerprint density at radius 2 is 2.27 bits per heavy atom. The average Bonchev–Trinajstić information content (AvgIpc) is 2.90. The van der Waals surface area contributed by atoms with Crippen molar-refractivity contribution in [2.24, 2.45) is 11.7 Å². The van der Waals surface area contributed by atoms with Crippen molar-refractivity contribution >= 4 is 5.91 Å². The van der Waals surface area contributed by atoms with Crippen molar-refractivity contribution in [3.8, 4) is 0 Å². The summed E-state index contributed by atoms with van der Waals surface area (Å²) in [6, 6.07) is -0.393. The van der Waals surface area contributed by atoms with Crippen molar-refractivity contribution in [2.45, 2.75) is 37.8 Å². The summed E-state index contributed by atoms with van der Waals surface area (Å²) in [6.45, 7) is 1.23. The van der Waals surface area contributed by atoms with Gasteiger partial charge in [-0.2, -0.15) is 0 Å². The number of nitrogens with one attached hydrogen (secondary N) is 1. The van der Waals surface area contributed by atoms with E-state index in [0.717, 1.165) is 12.8 Å². The molecular weight excluding hydrogens is 194 g/mol. The Morgan fingerprint density at radius 3 is 2.80 bits per heavy atom. The summed E-state index contributed by atoms with van der Waals surface area (Å²) < 4.78 is 0. The Bertz CT molecular complexity index is 243. The summed E-state index contributed by atoms with van der Waals surface area (Å²) in [5.41, 5.74) is 8.52. The van der Waals surface area contributed by atoms with Crippen molar-refractivity contribution in [3.63, 3.8) is 0 Å². The number of hydrogen-bond donors (Lipinski definition) is 3. The summed E-state index contributed by atoms with van der Waals surface area (Å²) in [6.07, 6.45) is 3.62. The standard InChI is InChI=1S/C10H19N3O2/c11-9(5-7-1-2-7)10(15)12-13-4-3-8(14)6-13/h7-9,14H,1-6,11H2,(H,12,15)/t8?,9-/m0/s1. The maximum atomic E-state index is 11.6. The van der Waals surface area contributed by atoms with Gasteiger partial charge in [0.15, 0.2) is 0 Å². The number of nitrogens with zero attached hydrogens (tertiary/aromatic N) is 1. The van der Waals surface area contributed by atoms with Crippen LogP contribution < -0.4 is 11.2 Å². The number of hydrogen-bond acceptors (Lipinski definition) is 4. The molecule has 5 heteroatoms. The number of nitrogens with two attached hydrogens (primary N) is 1. The number of aliphatic hydroxyl groups is 1. The minimum absolute atomic E-state index is 0.115. The molecule has 4 N–H and O–H groups in total. The van der Waals surface area contributed by atoms with E-state index in [4.69, 9.17) is 5.73 Å². The molecule has 1 saturated heterocycles. The predicted octanol–water partition coefficient (Wildman–Crippen LogP) is -0.788. The van der Waals surface area contributed by atoms with Gasteiger partial charge in [-0.1, -0.05) is 12.8 Å². The lowest BCUT2D eigenvalue weighted by molar-refractivity contribution is -0.127. The van der Waals surface area contributed by atoms with Crippen LogP contribution in [0.3, 0.4) is 0 Å². The predicted molar refractivity (Wildman–Crippen MR) is 55.7 cm³/mol. The molecule has 15 heavy (non-hydrogen) atoms. The minimum Gasteiger partial charge on any atom is -0.392 e. The molecule has 2 aliphatic rings. The molecule has 0 spiro atoms. The Balaban J connectivity index is 1.70. The molecule has 1 unspecified atom stereocenters. The second kappa shape index (κ2) is 4.47. The smallest absolute Gasteiger partial charge is 0.251 e. The van der Waals surface area contributed by atoms with Crippen LogP contribution in [-0.2, 0) is 4.79 Å². The number of β-amino-alcohol motifs (C(OH)–C–C–N with tert-alkyl or cyclic N) is 1. The second-order valence-corrected chi connectivity index (χ2v) is 4.65. The van der Waals surface area contributed by atoms with Crippen LogP contribution in [-0.4, -0.2) is 41.3 Å². The number of hydrazine groups is 1. The fraction of sp³-hybridized carbons (Fsp3) is 0.900. The van der Waals surface area contributed by atoms with E-state index < -0.39 is 6.04 Å². The number of carbonyl (C=O) groups excluding carboxylic acids is 1. The highest BCUT2D eigenvalue weighted by atomic mass is 16.3. The zero-order valence-electron chi connectivity index (χ0n) is 8.85. The highest BCUT2D eigenvalue weighted by Crippen LogP contribution is 2.33. The molecule has 0 aromatic heterocycles. The van der Waals surface area contributed by atoms with E-state index in [9.17, 15) is 9.90 Å². The van der Waals surface area contributed by atoms with Gasteiger partial charge in [-0.15, -0.1) is 0 Å². The molecule has 2 rings (SSSR count). The lowest BCUT2D eigenvalue weighted by Crippen LogP contribution is -2.49. The summed E-state index contributed by atoms with van der Waals surface area (Å²) in [5.74, 6) is 0.547. The molecule has 5 nitrogen and oxygen atoms in total. The second-order valence-electron chi connectivity index (χ2n) is 4.65. The summed E-state index contributed by atoms with van der Waals surface area (Å²) >= 11 is 0. The van der Waals surface area contributed by atoms with Crippen LogP contribution in [0.25, 0.3) is 0 Å². The first-order valence-electron chi connectivity index (χ1n) is 5.64. The van der Waals surface area contributed by atoms with Gasteiger partial charge in [-0.3, -0.25) is 10.2 Å². The molecule has 0 radical (unpaired) electrons. The van der Waals surface area contributed by atoms with Crippen LogP contribution >= 0.6 is 0 Å². The average molecular weight is 213 g/mol. The Hall–Kier alpha value is -0.650. The van der Waals surface area contributed by atoms with E-state index in [1.54, 1.807) is 5.01 Å². The molecular formula is C10H19N3O2. The van der Waals surface area contributed by atoms with Gasteiger partial charge in [0.25, 0.3) is 5.91 Å². The maximum Gasteiger partial charge on any atom is 0.251 e. The van der Waals surface area contributed by atoms with Crippen molar-refractivity contribution in [1.29, 1.82) is 0 Å². The van der Waals surface area contributed by atoms with Gasteiger partial charge in [0.1, 0.15) is 0 Å². The first-order valence-corrected chi connectivity index (χ1v) is 5.64. The van der Waals surface area contributed by atoms with Gasteiger partial charge >= 0.3 is 0 Å². The molecule has 1 aliphatic heterocycles. The molecule has 1 heterocycles. The van der Waals surface area contributed by atoms with Gasteiger partial charge in [-0.25, -0.2) is 5.01 Å². The highest BCUT2D eigenvalue weighted by molar-refractivity contribution is 5.81. The minimum atomic E-state index is -0.393. The summed E-state index contributed by atoms with van der Waals surface area (Å²) in [5, 5.41) is 11.0. The monoisotopic (exact) mass is 213 g/mol. The van der Waals surface area contributed by atoms with Crippen LogP contribution in [0.1, 0.15) is 25.7 Å². The third-order valence-corrected chi connectivity index (χ3v) is 3.05. The molecule has 2 fully saturated rings. The number of carbonyl (C=O) groups is 1. The SMILES string of the molecule is N[C@@H](CC1CC1)C(=O)NN1CCC(O)C1. The summed E-state index contributed by atoms with van der Waals surface area (Å²) in [7, 11) is 0.